The summed E-state index contributed by atoms with van der Waals surface area (Å²) in [6, 6.07) is 5.30. The van der Waals surface area contributed by atoms with Crippen LogP contribution < -0.4 is 14.8 Å². The minimum Gasteiger partial charge on any atom is -0.493 e. The summed E-state index contributed by atoms with van der Waals surface area (Å²) < 4.78 is 15.2. The second-order valence-corrected chi connectivity index (χ2v) is 6.62. The van der Waals surface area contributed by atoms with Crippen LogP contribution in [0.25, 0.3) is 0 Å². The van der Waals surface area contributed by atoms with E-state index in [0.29, 0.717) is 22.1 Å². The number of benzene rings is 1. The van der Waals surface area contributed by atoms with Gasteiger partial charge in [-0.1, -0.05) is 6.07 Å². The van der Waals surface area contributed by atoms with Gasteiger partial charge >= 0.3 is 5.97 Å². The van der Waals surface area contributed by atoms with Crippen LogP contribution in [0, 0.1) is 13.8 Å². The third-order valence-electron chi connectivity index (χ3n) is 3.84. The highest BCUT2D eigenvalue weighted by Crippen LogP contribution is 2.33. The van der Waals surface area contributed by atoms with E-state index in [1.807, 2.05) is 13.8 Å². The SMILES string of the molecule is COC(=O)c1c(NC(=O)Cc2ccc(OC)c(OC)c2)sc(C)c1C. The Morgan fingerprint density at radius 1 is 1.08 bits per heavy atom. The number of nitrogens with one attached hydrogen (secondary N) is 1. The smallest absolute Gasteiger partial charge is 0.341 e. The quantitative estimate of drug-likeness (QED) is 0.797. The lowest BCUT2D eigenvalue weighted by atomic mass is 10.1. The average molecular weight is 363 g/mol. The van der Waals surface area contributed by atoms with Crippen molar-refractivity contribution < 1.29 is 23.8 Å². The van der Waals surface area contributed by atoms with Gasteiger partial charge in [-0.3, -0.25) is 4.79 Å². The van der Waals surface area contributed by atoms with E-state index in [0.717, 1.165) is 16.0 Å². The van der Waals surface area contributed by atoms with Gasteiger partial charge in [-0.05, 0) is 37.1 Å². The number of aryl methyl sites for hydroxylation is 1. The number of anilines is 1. The number of amides is 1. The van der Waals surface area contributed by atoms with Crippen LogP contribution in [0.4, 0.5) is 5.00 Å². The van der Waals surface area contributed by atoms with Crippen molar-refractivity contribution in [1.82, 2.24) is 0 Å². The highest BCUT2D eigenvalue weighted by molar-refractivity contribution is 7.16. The Morgan fingerprint density at radius 3 is 2.36 bits per heavy atom. The summed E-state index contributed by atoms with van der Waals surface area (Å²) in [5.74, 6) is 0.483. The number of rotatable bonds is 6. The molecule has 1 heterocycles. The van der Waals surface area contributed by atoms with Crippen LogP contribution in [-0.4, -0.2) is 33.2 Å². The molecule has 6 nitrogen and oxygen atoms in total. The van der Waals surface area contributed by atoms with Crippen molar-refractivity contribution in [2.75, 3.05) is 26.6 Å². The topological polar surface area (TPSA) is 73.9 Å². The van der Waals surface area contributed by atoms with Crippen LogP contribution in [0.1, 0.15) is 26.4 Å². The molecule has 1 amide bonds. The van der Waals surface area contributed by atoms with Crippen molar-refractivity contribution in [1.29, 1.82) is 0 Å². The normalized spacial score (nSPS) is 10.3. The van der Waals surface area contributed by atoms with E-state index >= 15 is 0 Å². The van der Waals surface area contributed by atoms with E-state index in [2.05, 4.69) is 5.32 Å². The first-order valence-electron chi connectivity index (χ1n) is 7.60. The molecule has 0 saturated heterocycles. The van der Waals surface area contributed by atoms with Gasteiger partial charge in [0.05, 0.1) is 33.3 Å². The van der Waals surface area contributed by atoms with Crippen molar-refractivity contribution in [3.8, 4) is 11.5 Å². The molecule has 1 aromatic heterocycles. The minimum atomic E-state index is -0.455. The summed E-state index contributed by atoms with van der Waals surface area (Å²) in [4.78, 5) is 25.3. The van der Waals surface area contributed by atoms with Crippen molar-refractivity contribution in [3.05, 3.63) is 39.8 Å². The summed E-state index contributed by atoms with van der Waals surface area (Å²) in [5.41, 5.74) is 2.00. The maximum Gasteiger partial charge on any atom is 0.341 e. The van der Waals surface area contributed by atoms with Crippen molar-refractivity contribution in [2.24, 2.45) is 0 Å². The Labute approximate surface area is 150 Å². The molecule has 0 unspecified atom stereocenters. The number of ether oxygens (including phenoxy) is 3. The van der Waals surface area contributed by atoms with Gasteiger partial charge in [0.25, 0.3) is 0 Å². The molecule has 7 heteroatoms. The van der Waals surface area contributed by atoms with Crippen LogP contribution in [-0.2, 0) is 16.0 Å². The molecule has 1 N–H and O–H groups in total. The van der Waals surface area contributed by atoms with E-state index in [-0.39, 0.29) is 12.3 Å². The molecule has 0 atom stereocenters. The predicted octanol–water partition coefficient (Wildman–Crippen LogP) is 3.35. The van der Waals surface area contributed by atoms with Gasteiger partial charge in [0.15, 0.2) is 11.5 Å². The maximum absolute atomic E-state index is 12.4. The van der Waals surface area contributed by atoms with Crippen molar-refractivity contribution in [2.45, 2.75) is 20.3 Å². The van der Waals surface area contributed by atoms with Crippen LogP contribution >= 0.6 is 11.3 Å². The second-order valence-electron chi connectivity index (χ2n) is 5.39. The number of esters is 1. The number of carbonyl (C=O) groups excluding carboxylic acids is 2. The number of carbonyl (C=O) groups is 2. The first-order chi connectivity index (χ1) is 11.9. The molecular weight excluding hydrogens is 342 g/mol. The van der Waals surface area contributed by atoms with E-state index in [1.54, 1.807) is 32.4 Å². The molecule has 0 fully saturated rings. The minimum absolute atomic E-state index is 0.150. The van der Waals surface area contributed by atoms with Crippen LogP contribution in [0.2, 0.25) is 0 Å². The van der Waals surface area contributed by atoms with Crippen LogP contribution in [0.15, 0.2) is 18.2 Å². The standard InChI is InChI=1S/C18H21NO5S/c1-10-11(2)25-17(16(10)18(21)24-5)19-15(20)9-12-6-7-13(22-3)14(8-12)23-4/h6-8H,9H2,1-5H3,(H,19,20). The zero-order chi connectivity index (χ0) is 18.6. The zero-order valence-electron chi connectivity index (χ0n) is 14.9. The molecule has 0 radical (unpaired) electrons. The number of hydrogen-bond donors (Lipinski definition) is 1. The molecule has 0 aliphatic heterocycles. The molecule has 0 aliphatic rings. The maximum atomic E-state index is 12.4. The molecular formula is C18H21NO5S. The third-order valence-corrected chi connectivity index (χ3v) is 4.96. The first kappa shape index (κ1) is 18.8. The van der Waals surface area contributed by atoms with Gasteiger partial charge in [-0.15, -0.1) is 11.3 Å². The van der Waals surface area contributed by atoms with Crippen molar-refractivity contribution in [3.63, 3.8) is 0 Å². The Morgan fingerprint density at radius 2 is 1.76 bits per heavy atom. The van der Waals surface area contributed by atoms with E-state index in [4.69, 9.17) is 14.2 Å². The Bertz CT molecular complexity index is 797. The molecule has 2 aromatic rings. The van der Waals surface area contributed by atoms with Crippen LogP contribution in [0.5, 0.6) is 11.5 Å². The summed E-state index contributed by atoms with van der Waals surface area (Å²) in [6.07, 6.45) is 0.150. The fourth-order valence-corrected chi connectivity index (χ4v) is 3.47. The molecule has 2 rings (SSSR count). The lowest BCUT2D eigenvalue weighted by Crippen LogP contribution is -2.16. The summed E-state index contributed by atoms with van der Waals surface area (Å²) in [6.45, 7) is 3.73. The van der Waals surface area contributed by atoms with Crippen LogP contribution in [0.3, 0.4) is 0 Å². The average Bonchev–Trinajstić information content (AvgIpc) is 2.87. The lowest BCUT2D eigenvalue weighted by molar-refractivity contribution is -0.115. The van der Waals surface area contributed by atoms with Gasteiger partial charge in [0.2, 0.25) is 5.91 Å². The summed E-state index contributed by atoms with van der Waals surface area (Å²) in [5, 5.41) is 3.32. The fraction of sp³-hybridized carbons (Fsp3) is 0.333. The van der Waals surface area contributed by atoms with E-state index in [9.17, 15) is 9.59 Å². The number of methoxy groups -OCH3 is 3. The monoisotopic (exact) mass is 363 g/mol. The fourth-order valence-electron chi connectivity index (χ4n) is 2.41. The molecule has 1 aromatic carbocycles. The van der Waals surface area contributed by atoms with Gasteiger partial charge in [0, 0.05) is 4.88 Å². The van der Waals surface area contributed by atoms with Gasteiger partial charge in [0.1, 0.15) is 5.00 Å². The molecule has 0 aliphatic carbocycles. The number of hydrogen-bond acceptors (Lipinski definition) is 6. The Hall–Kier alpha value is -2.54. The summed E-state index contributed by atoms with van der Waals surface area (Å²) in [7, 11) is 4.42. The Balaban J connectivity index is 2.19. The molecule has 0 bridgehead atoms. The number of thiophene rings is 1. The van der Waals surface area contributed by atoms with Crippen molar-refractivity contribution >= 4 is 28.2 Å². The zero-order valence-corrected chi connectivity index (χ0v) is 15.7. The predicted molar refractivity (Wildman–Crippen MR) is 97.0 cm³/mol. The Kier molecular flexibility index (Phi) is 6.03. The largest absolute Gasteiger partial charge is 0.493 e. The molecule has 0 spiro atoms. The molecule has 25 heavy (non-hydrogen) atoms. The first-order valence-corrected chi connectivity index (χ1v) is 8.42. The van der Waals surface area contributed by atoms with E-state index in [1.165, 1.54) is 18.4 Å². The lowest BCUT2D eigenvalue weighted by Gasteiger charge is -2.10. The highest BCUT2D eigenvalue weighted by Gasteiger charge is 2.21. The molecule has 134 valence electrons. The summed E-state index contributed by atoms with van der Waals surface area (Å²) >= 11 is 1.36. The third kappa shape index (κ3) is 4.11. The van der Waals surface area contributed by atoms with E-state index < -0.39 is 5.97 Å². The highest BCUT2D eigenvalue weighted by atomic mass is 32.1. The van der Waals surface area contributed by atoms with Gasteiger partial charge < -0.3 is 19.5 Å². The second kappa shape index (κ2) is 8.02. The van der Waals surface area contributed by atoms with Gasteiger partial charge in [-0.2, -0.15) is 0 Å². The van der Waals surface area contributed by atoms with Gasteiger partial charge in [-0.25, -0.2) is 4.79 Å². The molecule has 0 saturated carbocycles.